The summed E-state index contributed by atoms with van der Waals surface area (Å²) < 4.78 is 53.5. The van der Waals surface area contributed by atoms with Crippen LogP contribution in [0.25, 0.3) is 21.9 Å². The molecule has 0 unspecified atom stereocenters. The van der Waals surface area contributed by atoms with Crippen molar-refractivity contribution in [2.75, 3.05) is 23.9 Å². The van der Waals surface area contributed by atoms with Gasteiger partial charge in [0.05, 0.1) is 40.1 Å². The molecule has 0 fully saturated rings. The third kappa shape index (κ3) is 11.6. The minimum atomic E-state index is -3.71. The maximum absolute atomic E-state index is 12.5. The Hall–Kier alpha value is -6.04. The van der Waals surface area contributed by atoms with Crippen molar-refractivity contribution in [2.45, 2.75) is 77.3 Å². The maximum atomic E-state index is 12.5. The van der Waals surface area contributed by atoms with Crippen LogP contribution in [-0.2, 0) is 40.2 Å². The van der Waals surface area contributed by atoms with Crippen LogP contribution >= 0.6 is 0 Å². The second kappa shape index (κ2) is 20.8. The summed E-state index contributed by atoms with van der Waals surface area (Å²) in [6.07, 6.45) is 4.69. The zero-order valence-electron chi connectivity index (χ0n) is 34.3. The predicted molar refractivity (Wildman–Crippen MR) is 238 cm³/mol. The molecule has 0 aliphatic rings. The zero-order chi connectivity index (χ0) is 42.5. The highest BCUT2D eigenvalue weighted by molar-refractivity contribution is 7.86. The van der Waals surface area contributed by atoms with E-state index in [9.17, 15) is 22.4 Å². The van der Waals surface area contributed by atoms with Gasteiger partial charge in [0, 0.05) is 13.1 Å². The highest BCUT2D eigenvalue weighted by Crippen LogP contribution is 2.22. The fraction of sp³-hybridized carbons (Fsp3) is 0.265. The fourth-order valence-electron chi connectivity index (χ4n) is 6.62. The number of hydrogen-bond acceptors (Lipinski definition) is 9. The summed E-state index contributed by atoms with van der Waals surface area (Å²) in [5, 5.41) is 7.63. The van der Waals surface area contributed by atoms with Gasteiger partial charge in [-0.1, -0.05) is 90.5 Å². The van der Waals surface area contributed by atoms with E-state index in [-0.39, 0.29) is 29.0 Å². The van der Waals surface area contributed by atoms with Crippen LogP contribution in [0.3, 0.4) is 0 Å². The first kappa shape index (κ1) is 43.5. The van der Waals surface area contributed by atoms with Crippen molar-refractivity contribution in [3.63, 3.8) is 0 Å². The smallest absolute Gasteiger partial charge is 0.296 e. The van der Waals surface area contributed by atoms with Crippen LogP contribution < -0.4 is 21.5 Å². The summed E-state index contributed by atoms with van der Waals surface area (Å²) in [7, 11) is -3.71. The van der Waals surface area contributed by atoms with E-state index >= 15 is 0 Å². The van der Waals surface area contributed by atoms with Crippen molar-refractivity contribution in [3.05, 3.63) is 181 Å². The lowest BCUT2D eigenvalue weighted by Gasteiger charge is -2.10. The van der Waals surface area contributed by atoms with Crippen LogP contribution in [0.1, 0.15) is 64.6 Å². The van der Waals surface area contributed by atoms with Gasteiger partial charge in [0.1, 0.15) is 11.2 Å². The largest absolute Gasteiger partial charge is 0.440 e. The Morgan fingerprint density at radius 1 is 0.550 bits per heavy atom. The molecule has 7 aromatic rings. The summed E-state index contributed by atoms with van der Waals surface area (Å²) in [5.41, 5.74) is 7.82. The number of nitrogens with one attached hydrogen (secondary N) is 2. The van der Waals surface area contributed by atoms with Gasteiger partial charge in [-0.3, -0.25) is 18.2 Å². The van der Waals surface area contributed by atoms with Crippen molar-refractivity contribution < 1.29 is 25.8 Å². The second-order valence-electron chi connectivity index (χ2n) is 14.8. The van der Waals surface area contributed by atoms with Crippen LogP contribution in [0.15, 0.2) is 145 Å². The molecule has 0 amide bonds. The molecule has 0 bridgehead atoms. The third-order valence-corrected chi connectivity index (χ3v) is 11.6. The first-order chi connectivity index (χ1) is 29.0. The van der Waals surface area contributed by atoms with Crippen molar-refractivity contribution in [1.82, 2.24) is 0 Å². The molecule has 0 saturated carbocycles. The van der Waals surface area contributed by atoms with Crippen LogP contribution in [-0.4, -0.2) is 21.7 Å². The fourth-order valence-corrected chi connectivity index (χ4v) is 7.56. The molecule has 9 nitrogen and oxygen atoms in total. The van der Waals surface area contributed by atoms with Crippen LogP contribution in [0.4, 0.5) is 16.2 Å². The number of para-hydroxylation sites is 2. The summed E-state index contributed by atoms with van der Waals surface area (Å²) in [4.78, 5) is 25.1. The molecule has 0 saturated heterocycles. The van der Waals surface area contributed by atoms with Crippen molar-refractivity contribution in [3.8, 4) is 0 Å². The van der Waals surface area contributed by atoms with E-state index in [1.807, 2.05) is 55.5 Å². The van der Waals surface area contributed by atoms with Gasteiger partial charge in [0.2, 0.25) is 11.8 Å². The number of unbranched alkanes of at least 4 members (excludes halogenated alkanes) is 2. The number of benzene rings is 5. The molecule has 2 aromatic heterocycles. The molecule has 0 aliphatic carbocycles. The highest BCUT2D eigenvalue weighted by atomic mass is 32.2. The molecule has 11 heteroatoms. The third-order valence-electron chi connectivity index (χ3n) is 10.3. The lowest BCUT2D eigenvalue weighted by atomic mass is 10.1. The standard InChI is InChI=1S/C28H29NO5S.C21H22FNO2/c1-20-10-16-24(17-11-20)35(31,32)33-18-6-5-7-22-12-14-23(15-13-22)19-29-28-21(2)27(30)25-8-3-4-9-26(25)34-28;1-15-20(24)18-7-2-3-8-19(18)25-21(15)23-14-17-11-9-16(10-12-17)6-4-5-13-22/h3-4,8-17,29H,5-7,18-19H2,1-2H3;2-3,7-12,23H,4-6,13-14H2,1H3. The molecule has 0 radical (unpaired) electrons. The molecule has 7 rings (SSSR count). The molecule has 0 spiro atoms. The van der Waals surface area contributed by atoms with Crippen molar-refractivity contribution in [1.29, 1.82) is 0 Å². The van der Waals surface area contributed by atoms with Crippen molar-refractivity contribution in [2.24, 2.45) is 0 Å². The Balaban J connectivity index is 0.000000213. The van der Waals surface area contributed by atoms with Gasteiger partial charge >= 0.3 is 0 Å². The van der Waals surface area contributed by atoms with Gasteiger partial charge in [0.15, 0.2) is 10.9 Å². The predicted octanol–water partition coefficient (Wildman–Crippen LogP) is 10.8. The quantitative estimate of drug-likeness (QED) is 0.0681. The molecule has 5 aromatic carbocycles. The normalized spacial score (nSPS) is 11.3. The molecular formula is C49H51FN2O7S. The van der Waals surface area contributed by atoms with E-state index < -0.39 is 10.1 Å². The molecule has 312 valence electrons. The molecule has 2 N–H and O–H groups in total. The first-order valence-corrected chi connectivity index (χ1v) is 21.6. The first-order valence-electron chi connectivity index (χ1n) is 20.2. The lowest BCUT2D eigenvalue weighted by molar-refractivity contribution is 0.308. The Labute approximate surface area is 350 Å². The van der Waals surface area contributed by atoms with Gasteiger partial charge in [-0.25, -0.2) is 0 Å². The van der Waals surface area contributed by atoms with E-state index in [4.69, 9.17) is 13.0 Å². The van der Waals surface area contributed by atoms with Gasteiger partial charge in [-0.15, -0.1) is 0 Å². The summed E-state index contributed by atoms with van der Waals surface area (Å²) in [6.45, 7) is 6.46. The van der Waals surface area contributed by atoms with Crippen LogP contribution in [0.2, 0.25) is 0 Å². The number of fused-ring (bicyclic) bond motifs is 2. The molecule has 2 heterocycles. The molecule has 60 heavy (non-hydrogen) atoms. The highest BCUT2D eigenvalue weighted by Gasteiger charge is 2.15. The second-order valence-corrected chi connectivity index (χ2v) is 16.4. The average Bonchev–Trinajstić information content (AvgIpc) is 3.26. The average molecular weight is 831 g/mol. The monoisotopic (exact) mass is 830 g/mol. The molecular weight excluding hydrogens is 780 g/mol. The number of halogens is 1. The van der Waals surface area contributed by atoms with Gasteiger partial charge < -0.3 is 19.5 Å². The van der Waals surface area contributed by atoms with Crippen LogP contribution in [0.5, 0.6) is 0 Å². The van der Waals surface area contributed by atoms with Crippen LogP contribution in [0, 0.1) is 20.8 Å². The number of alkyl halides is 1. The minimum absolute atomic E-state index is 0.00689. The zero-order valence-corrected chi connectivity index (χ0v) is 35.1. The maximum Gasteiger partial charge on any atom is 0.296 e. The van der Waals surface area contributed by atoms with E-state index in [0.717, 1.165) is 42.4 Å². The number of hydrogen-bond donors (Lipinski definition) is 2. The van der Waals surface area contributed by atoms with E-state index in [0.29, 0.717) is 70.8 Å². The Kier molecular flexibility index (Phi) is 15.1. The van der Waals surface area contributed by atoms with Gasteiger partial charge in [-0.05, 0) is 118 Å². The summed E-state index contributed by atoms with van der Waals surface area (Å²) >= 11 is 0. The van der Waals surface area contributed by atoms with E-state index in [1.54, 1.807) is 62.4 Å². The summed E-state index contributed by atoms with van der Waals surface area (Å²) in [5.74, 6) is 0.995. The number of anilines is 2. The minimum Gasteiger partial charge on any atom is -0.440 e. The van der Waals surface area contributed by atoms with Gasteiger partial charge in [0.25, 0.3) is 10.1 Å². The summed E-state index contributed by atoms with van der Waals surface area (Å²) in [6, 6.07) is 37.6. The van der Waals surface area contributed by atoms with E-state index in [2.05, 4.69) is 34.9 Å². The van der Waals surface area contributed by atoms with Crippen molar-refractivity contribution >= 4 is 43.8 Å². The number of rotatable bonds is 17. The Morgan fingerprint density at radius 3 is 1.45 bits per heavy atom. The molecule has 0 atom stereocenters. The lowest BCUT2D eigenvalue weighted by Crippen LogP contribution is -2.10. The van der Waals surface area contributed by atoms with E-state index in [1.165, 1.54) is 11.1 Å². The molecule has 0 aliphatic heterocycles. The SMILES string of the molecule is Cc1c(NCc2ccc(CCCCF)cc2)oc2ccccc2c1=O.Cc1ccc(S(=O)(=O)OCCCCc2ccc(CNc3oc4ccccc4c(=O)c3C)cc2)cc1. The topological polar surface area (TPSA) is 128 Å². The Bertz CT molecular complexity index is 2730. The Morgan fingerprint density at radius 2 is 0.983 bits per heavy atom. The number of aryl methyl sites for hydroxylation is 3. The van der Waals surface area contributed by atoms with Gasteiger partial charge in [-0.2, -0.15) is 8.42 Å².